The molecule has 0 amide bonds. The van der Waals surface area contributed by atoms with Gasteiger partial charge in [-0.2, -0.15) is 0 Å². The lowest BCUT2D eigenvalue weighted by molar-refractivity contribution is 0.0823. The van der Waals surface area contributed by atoms with Gasteiger partial charge in [0.2, 0.25) is 0 Å². The molecule has 0 bridgehead atoms. The summed E-state index contributed by atoms with van der Waals surface area (Å²) >= 11 is 0. The SMILES string of the molecule is C1=CC2(CCNCC2)Oc2ccc(-c3ccccc3)cc21. The van der Waals surface area contributed by atoms with Crippen molar-refractivity contribution in [2.24, 2.45) is 0 Å². The Bertz CT molecular complexity index is 669. The van der Waals surface area contributed by atoms with Gasteiger partial charge in [-0.05, 0) is 42.4 Å². The highest BCUT2D eigenvalue weighted by Gasteiger charge is 2.34. The van der Waals surface area contributed by atoms with E-state index in [4.69, 9.17) is 4.74 Å². The highest BCUT2D eigenvalue weighted by Crippen LogP contribution is 2.37. The first-order valence-corrected chi connectivity index (χ1v) is 7.63. The Balaban J connectivity index is 1.67. The zero-order chi connectivity index (χ0) is 14.1. The van der Waals surface area contributed by atoms with Crippen LogP contribution in [0.4, 0.5) is 0 Å². The summed E-state index contributed by atoms with van der Waals surface area (Å²) in [6, 6.07) is 17.0. The zero-order valence-corrected chi connectivity index (χ0v) is 12.0. The molecule has 2 heteroatoms. The van der Waals surface area contributed by atoms with E-state index < -0.39 is 0 Å². The molecule has 0 radical (unpaired) electrons. The van der Waals surface area contributed by atoms with Gasteiger partial charge in [-0.3, -0.25) is 0 Å². The molecule has 2 aliphatic rings. The van der Waals surface area contributed by atoms with Gasteiger partial charge < -0.3 is 10.1 Å². The second kappa shape index (κ2) is 5.05. The van der Waals surface area contributed by atoms with Gasteiger partial charge in [-0.15, -0.1) is 0 Å². The van der Waals surface area contributed by atoms with Crippen molar-refractivity contribution in [3.63, 3.8) is 0 Å². The largest absolute Gasteiger partial charge is 0.482 e. The minimum atomic E-state index is -0.0908. The highest BCUT2D eigenvalue weighted by molar-refractivity contribution is 5.71. The van der Waals surface area contributed by atoms with Crippen LogP contribution in [-0.4, -0.2) is 18.7 Å². The Hall–Kier alpha value is -2.06. The molecule has 4 rings (SSSR count). The van der Waals surface area contributed by atoms with Crippen LogP contribution in [0.3, 0.4) is 0 Å². The Morgan fingerprint density at radius 3 is 2.52 bits per heavy atom. The molecule has 0 aliphatic carbocycles. The molecule has 0 saturated carbocycles. The molecule has 1 spiro atoms. The lowest BCUT2D eigenvalue weighted by Crippen LogP contribution is -2.45. The van der Waals surface area contributed by atoms with Crippen molar-refractivity contribution >= 4 is 6.08 Å². The number of hydrogen-bond acceptors (Lipinski definition) is 2. The maximum atomic E-state index is 6.32. The summed E-state index contributed by atoms with van der Waals surface area (Å²) in [7, 11) is 0. The Kier molecular flexibility index (Phi) is 3.04. The van der Waals surface area contributed by atoms with Crippen molar-refractivity contribution in [2.75, 3.05) is 13.1 Å². The van der Waals surface area contributed by atoms with Crippen LogP contribution in [-0.2, 0) is 0 Å². The predicted molar refractivity (Wildman–Crippen MR) is 86.4 cm³/mol. The molecule has 0 aromatic heterocycles. The third-order valence-corrected chi connectivity index (χ3v) is 4.45. The molecule has 1 N–H and O–H groups in total. The molecule has 2 aromatic carbocycles. The van der Waals surface area contributed by atoms with Gasteiger partial charge in [0.1, 0.15) is 11.4 Å². The van der Waals surface area contributed by atoms with E-state index in [1.54, 1.807) is 0 Å². The van der Waals surface area contributed by atoms with Crippen molar-refractivity contribution in [3.05, 3.63) is 60.2 Å². The van der Waals surface area contributed by atoms with E-state index in [0.29, 0.717) is 0 Å². The minimum Gasteiger partial charge on any atom is -0.482 e. The van der Waals surface area contributed by atoms with Gasteiger partial charge in [-0.1, -0.05) is 42.5 Å². The molecule has 2 heterocycles. The van der Waals surface area contributed by atoms with E-state index in [-0.39, 0.29) is 5.60 Å². The van der Waals surface area contributed by atoms with Crippen LogP contribution in [0, 0.1) is 0 Å². The van der Waals surface area contributed by atoms with Crippen LogP contribution in [0.5, 0.6) is 5.75 Å². The molecular weight excluding hydrogens is 258 g/mol. The van der Waals surface area contributed by atoms with E-state index >= 15 is 0 Å². The monoisotopic (exact) mass is 277 g/mol. The average molecular weight is 277 g/mol. The first-order valence-electron chi connectivity index (χ1n) is 7.63. The number of nitrogens with one attached hydrogen (secondary N) is 1. The summed E-state index contributed by atoms with van der Waals surface area (Å²) in [5.74, 6) is 1.01. The molecule has 0 unspecified atom stereocenters. The first kappa shape index (κ1) is 12.7. The van der Waals surface area contributed by atoms with Crippen LogP contribution in [0.2, 0.25) is 0 Å². The van der Waals surface area contributed by atoms with E-state index in [1.165, 1.54) is 16.7 Å². The number of fused-ring (bicyclic) bond motifs is 1. The van der Waals surface area contributed by atoms with Gasteiger partial charge in [0.15, 0.2) is 0 Å². The molecule has 2 aliphatic heterocycles. The minimum absolute atomic E-state index is 0.0908. The van der Waals surface area contributed by atoms with Crippen LogP contribution < -0.4 is 10.1 Å². The van der Waals surface area contributed by atoms with Crippen molar-refractivity contribution in [2.45, 2.75) is 18.4 Å². The van der Waals surface area contributed by atoms with Gasteiger partial charge in [0, 0.05) is 18.4 Å². The molecule has 1 fully saturated rings. The normalized spacial score (nSPS) is 19.0. The molecule has 106 valence electrons. The van der Waals surface area contributed by atoms with Crippen LogP contribution in [0.25, 0.3) is 17.2 Å². The standard InChI is InChI=1S/C19H19NO/c1-2-4-15(5-3-1)16-6-7-18-17(14-16)8-9-19(21-18)10-12-20-13-11-19/h1-9,14,20H,10-13H2. The number of piperidine rings is 1. The van der Waals surface area contributed by atoms with E-state index in [9.17, 15) is 0 Å². The third kappa shape index (κ3) is 2.36. The van der Waals surface area contributed by atoms with Crippen molar-refractivity contribution < 1.29 is 4.74 Å². The second-order valence-electron chi connectivity index (χ2n) is 5.87. The molecule has 0 atom stereocenters. The summed E-state index contributed by atoms with van der Waals surface area (Å²) in [5, 5.41) is 3.40. The van der Waals surface area contributed by atoms with E-state index in [1.807, 2.05) is 6.07 Å². The fraction of sp³-hybridized carbons (Fsp3) is 0.263. The molecule has 21 heavy (non-hydrogen) atoms. The average Bonchev–Trinajstić information content (AvgIpc) is 2.56. The molecule has 2 aromatic rings. The lowest BCUT2D eigenvalue weighted by Gasteiger charge is -2.38. The van der Waals surface area contributed by atoms with Crippen LogP contribution in [0.1, 0.15) is 18.4 Å². The maximum Gasteiger partial charge on any atom is 0.130 e. The quantitative estimate of drug-likeness (QED) is 0.854. The number of hydrogen-bond donors (Lipinski definition) is 1. The van der Waals surface area contributed by atoms with Crippen LogP contribution >= 0.6 is 0 Å². The predicted octanol–water partition coefficient (Wildman–Crippen LogP) is 3.88. The second-order valence-corrected chi connectivity index (χ2v) is 5.87. The summed E-state index contributed by atoms with van der Waals surface area (Å²) in [6.45, 7) is 2.06. The summed E-state index contributed by atoms with van der Waals surface area (Å²) < 4.78 is 6.32. The Morgan fingerprint density at radius 2 is 1.71 bits per heavy atom. The summed E-state index contributed by atoms with van der Waals surface area (Å²) in [4.78, 5) is 0. The topological polar surface area (TPSA) is 21.3 Å². The smallest absolute Gasteiger partial charge is 0.130 e. The fourth-order valence-electron chi connectivity index (χ4n) is 3.20. The van der Waals surface area contributed by atoms with Gasteiger partial charge in [0.05, 0.1) is 0 Å². The van der Waals surface area contributed by atoms with Gasteiger partial charge in [0.25, 0.3) is 0 Å². The first-order chi connectivity index (χ1) is 10.3. The van der Waals surface area contributed by atoms with Crippen molar-refractivity contribution in [3.8, 4) is 16.9 Å². The van der Waals surface area contributed by atoms with Crippen molar-refractivity contribution in [1.29, 1.82) is 0 Å². The van der Waals surface area contributed by atoms with E-state index in [2.05, 4.69) is 59.9 Å². The summed E-state index contributed by atoms with van der Waals surface area (Å²) in [6.07, 6.45) is 6.58. The number of rotatable bonds is 1. The number of ether oxygens (including phenoxy) is 1. The zero-order valence-electron chi connectivity index (χ0n) is 12.0. The third-order valence-electron chi connectivity index (χ3n) is 4.45. The number of benzene rings is 2. The Labute approximate surface area is 125 Å². The lowest BCUT2D eigenvalue weighted by atomic mass is 9.88. The van der Waals surface area contributed by atoms with Gasteiger partial charge in [-0.25, -0.2) is 0 Å². The maximum absolute atomic E-state index is 6.32. The van der Waals surface area contributed by atoms with Crippen molar-refractivity contribution in [1.82, 2.24) is 5.32 Å². The molecule has 2 nitrogen and oxygen atoms in total. The highest BCUT2D eigenvalue weighted by atomic mass is 16.5. The molecule has 1 saturated heterocycles. The fourth-order valence-corrected chi connectivity index (χ4v) is 3.20. The van der Waals surface area contributed by atoms with Gasteiger partial charge >= 0.3 is 0 Å². The molecular formula is C19H19NO. The van der Waals surface area contributed by atoms with Crippen LogP contribution in [0.15, 0.2) is 54.6 Å². The Morgan fingerprint density at radius 1 is 0.905 bits per heavy atom. The summed E-state index contributed by atoms with van der Waals surface area (Å²) in [5.41, 5.74) is 3.58. The van der Waals surface area contributed by atoms with E-state index in [0.717, 1.165) is 31.7 Å².